The fraction of sp³-hybridized carbons (Fsp3) is 0.389. The van der Waals surface area contributed by atoms with Crippen LogP contribution in [-0.2, 0) is 11.2 Å². The number of nitrogens with zero attached hydrogens (tertiary/aromatic N) is 3. The highest BCUT2D eigenvalue weighted by Crippen LogP contribution is 2.19. The Balaban J connectivity index is 1.40. The molecule has 1 N–H and O–H groups in total. The van der Waals surface area contributed by atoms with E-state index in [0.29, 0.717) is 17.4 Å². The number of anilines is 1. The van der Waals surface area contributed by atoms with E-state index in [1.165, 1.54) is 0 Å². The lowest BCUT2D eigenvalue weighted by Crippen LogP contribution is -2.39. The number of piperidine rings is 1. The van der Waals surface area contributed by atoms with Gasteiger partial charge >= 0.3 is 0 Å². The van der Waals surface area contributed by atoms with Gasteiger partial charge in [-0.15, -0.1) is 0 Å². The molecule has 3 rings (SSSR count). The van der Waals surface area contributed by atoms with Crippen LogP contribution in [0, 0.1) is 5.92 Å². The third-order valence-corrected chi connectivity index (χ3v) is 4.57. The van der Waals surface area contributed by atoms with E-state index < -0.39 is 0 Å². The van der Waals surface area contributed by atoms with Crippen molar-refractivity contribution in [1.29, 1.82) is 0 Å². The van der Waals surface area contributed by atoms with Crippen molar-refractivity contribution >= 4 is 23.5 Å². The number of hydrogen-bond acceptors (Lipinski definition) is 4. The predicted molar refractivity (Wildman–Crippen MR) is 95.1 cm³/mol. The lowest BCUT2D eigenvalue weighted by molar-refractivity contribution is -0.120. The van der Waals surface area contributed by atoms with E-state index in [-0.39, 0.29) is 5.91 Å². The number of carbonyl (C=O) groups is 1. The van der Waals surface area contributed by atoms with Gasteiger partial charge in [0.25, 0.3) is 0 Å². The maximum Gasteiger partial charge on any atom is 0.225 e. The molecule has 0 atom stereocenters. The molecule has 126 valence electrons. The molecule has 1 aliphatic heterocycles. The van der Waals surface area contributed by atoms with Gasteiger partial charge in [-0.25, -0.2) is 9.97 Å². The monoisotopic (exact) mass is 344 g/mol. The second-order valence-corrected chi connectivity index (χ2v) is 6.52. The van der Waals surface area contributed by atoms with Gasteiger partial charge in [-0.2, -0.15) is 0 Å². The summed E-state index contributed by atoms with van der Waals surface area (Å²) < 4.78 is 0. The highest BCUT2D eigenvalue weighted by molar-refractivity contribution is 6.30. The SMILES string of the molecule is O=C(Cc1ccc(Cl)cc1)NCC1CCN(c2ncccn2)CC1. The molecule has 2 heterocycles. The largest absolute Gasteiger partial charge is 0.356 e. The normalized spacial score (nSPS) is 15.3. The molecule has 1 fully saturated rings. The van der Waals surface area contributed by atoms with Crippen LogP contribution in [0.25, 0.3) is 0 Å². The van der Waals surface area contributed by atoms with Crippen molar-refractivity contribution in [1.82, 2.24) is 15.3 Å². The first-order valence-electron chi connectivity index (χ1n) is 8.24. The first-order chi connectivity index (χ1) is 11.7. The van der Waals surface area contributed by atoms with Crippen LogP contribution >= 0.6 is 11.6 Å². The second-order valence-electron chi connectivity index (χ2n) is 6.09. The number of amides is 1. The summed E-state index contributed by atoms with van der Waals surface area (Å²) in [6, 6.07) is 9.23. The fourth-order valence-electron chi connectivity index (χ4n) is 2.90. The Kier molecular flexibility index (Phi) is 5.64. The van der Waals surface area contributed by atoms with E-state index in [1.807, 2.05) is 30.3 Å². The van der Waals surface area contributed by atoms with Crippen molar-refractivity contribution in [3.8, 4) is 0 Å². The zero-order valence-electron chi connectivity index (χ0n) is 13.5. The van der Waals surface area contributed by atoms with Crippen LogP contribution in [0.4, 0.5) is 5.95 Å². The standard InChI is InChI=1S/C18H21ClN4O/c19-16-4-2-14(3-5-16)12-17(24)22-13-15-6-10-23(11-7-15)18-20-8-1-9-21-18/h1-5,8-9,15H,6-7,10-13H2,(H,22,24). The molecular weight excluding hydrogens is 324 g/mol. The zero-order chi connectivity index (χ0) is 16.8. The quantitative estimate of drug-likeness (QED) is 0.906. The summed E-state index contributed by atoms with van der Waals surface area (Å²) >= 11 is 5.85. The summed E-state index contributed by atoms with van der Waals surface area (Å²) in [4.78, 5) is 22.8. The summed E-state index contributed by atoms with van der Waals surface area (Å²) in [5.74, 6) is 1.37. The molecule has 0 unspecified atom stereocenters. The molecule has 1 aliphatic rings. The minimum atomic E-state index is 0.0612. The van der Waals surface area contributed by atoms with Crippen molar-refractivity contribution in [3.05, 3.63) is 53.3 Å². The van der Waals surface area contributed by atoms with Crippen LogP contribution in [0.5, 0.6) is 0 Å². The van der Waals surface area contributed by atoms with Crippen molar-refractivity contribution in [2.45, 2.75) is 19.3 Å². The van der Waals surface area contributed by atoms with Crippen molar-refractivity contribution in [3.63, 3.8) is 0 Å². The Hall–Kier alpha value is -2.14. The van der Waals surface area contributed by atoms with E-state index in [1.54, 1.807) is 12.4 Å². The van der Waals surface area contributed by atoms with Gasteiger partial charge in [-0.3, -0.25) is 4.79 Å². The number of rotatable bonds is 5. The summed E-state index contributed by atoms with van der Waals surface area (Å²) in [7, 11) is 0. The van der Waals surface area contributed by atoms with E-state index in [0.717, 1.165) is 44.0 Å². The lowest BCUT2D eigenvalue weighted by atomic mass is 9.97. The number of benzene rings is 1. The van der Waals surface area contributed by atoms with Crippen molar-refractivity contribution < 1.29 is 4.79 Å². The Bertz CT molecular complexity index is 654. The minimum absolute atomic E-state index is 0.0612. The lowest BCUT2D eigenvalue weighted by Gasteiger charge is -2.31. The molecule has 1 aromatic carbocycles. The Morgan fingerprint density at radius 1 is 1.17 bits per heavy atom. The van der Waals surface area contributed by atoms with Crippen molar-refractivity contribution in [2.24, 2.45) is 5.92 Å². The Morgan fingerprint density at radius 2 is 1.83 bits per heavy atom. The zero-order valence-corrected chi connectivity index (χ0v) is 14.2. The van der Waals surface area contributed by atoms with Gasteiger partial charge in [0.2, 0.25) is 11.9 Å². The highest BCUT2D eigenvalue weighted by Gasteiger charge is 2.21. The summed E-state index contributed by atoms with van der Waals surface area (Å²) in [6.45, 7) is 2.60. The van der Waals surface area contributed by atoms with E-state index in [9.17, 15) is 4.79 Å². The fourth-order valence-corrected chi connectivity index (χ4v) is 3.03. The van der Waals surface area contributed by atoms with Gasteiger partial charge in [0, 0.05) is 37.1 Å². The molecule has 6 heteroatoms. The molecule has 1 amide bonds. The molecule has 0 saturated carbocycles. The van der Waals surface area contributed by atoms with E-state index in [4.69, 9.17) is 11.6 Å². The Labute approximate surface area is 147 Å². The first kappa shape index (κ1) is 16.7. The number of halogens is 1. The van der Waals surface area contributed by atoms with Gasteiger partial charge in [0.1, 0.15) is 0 Å². The molecule has 24 heavy (non-hydrogen) atoms. The number of nitrogens with one attached hydrogen (secondary N) is 1. The van der Waals surface area contributed by atoms with Crippen LogP contribution in [0.15, 0.2) is 42.7 Å². The van der Waals surface area contributed by atoms with Crippen LogP contribution in [0.3, 0.4) is 0 Å². The maximum absolute atomic E-state index is 12.1. The van der Waals surface area contributed by atoms with Crippen LogP contribution < -0.4 is 10.2 Å². The molecule has 2 aromatic rings. The molecule has 0 spiro atoms. The van der Waals surface area contributed by atoms with Gasteiger partial charge in [0.15, 0.2) is 0 Å². The summed E-state index contributed by atoms with van der Waals surface area (Å²) in [5, 5.41) is 3.74. The third kappa shape index (κ3) is 4.68. The summed E-state index contributed by atoms with van der Waals surface area (Å²) in [6.07, 6.45) is 6.02. The number of carbonyl (C=O) groups excluding carboxylic acids is 1. The van der Waals surface area contributed by atoms with Crippen LogP contribution in [-0.4, -0.2) is 35.5 Å². The first-order valence-corrected chi connectivity index (χ1v) is 8.61. The minimum Gasteiger partial charge on any atom is -0.356 e. The number of aromatic nitrogens is 2. The topological polar surface area (TPSA) is 58.1 Å². The molecule has 5 nitrogen and oxygen atoms in total. The predicted octanol–water partition coefficient (Wildman–Crippen LogP) is 2.71. The smallest absolute Gasteiger partial charge is 0.225 e. The van der Waals surface area contributed by atoms with Gasteiger partial charge < -0.3 is 10.2 Å². The molecule has 1 aromatic heterocycles. The van der Waals surface area contributed by atoms with Gasteiger partial charge in [-0.1, -0.05) is 23.7 Å². The van der Waals surface area contributed by atoms with Crippen molar-refractivity contribution in [2.75, 3.05) is 24.5 Å². The average Bonchev–Trinajstić information content (AvgIpc) is 2.63. The van der Waals surface area contributed by atoms with E-state index >= 15 is 0 Å². The van der Waals surface area contributed by atoms with Gasteiger partial charge in [-0.05, 0) is 42.5 Å². The molecule has 1 saturated heterocycles. The average molecular weight is 345 g/mol. The molecular formula is C18H21ClN4O. The van der Waals surface area contributed by atoms with E-state index in [2.05, 4.69) is 20.2 Å². The third-order valence-electron chi connectivity index (χ3n) is 4.32. The highest BCUT2D eigenvalue weighted by atomic mass is 35.5. The Morgan fingerprint density at radius 3 is 2.50 bits per heavy atom. The number of hydrogen-bond donors (Lipinski definition) is 1. The molecule has 0 bridgehead atoms. The van der Waals surface area contributed by atoms with Gasteiger partial charge in [0.05, 0.1) is 6.42 Å². The molecule has 0 radical (unpaired) electrons. The summed E-state index contributed by atoms with van der Waals surface area (Å²) in [5.41, 5.74) is 0.980. The second kappa shape index (κ2) is 8.11. The van der Waals surface area contributed by atoms with Crippen LogP contribution in [0.2, 0.25) is 5.02 Å². The maximum atomic E-state index is 12.1. The van der Waals surface area contributed by atoms with Crippen LogP contribution in [0.1, 0.15) is 18.4 Å². The molecule has 0 aliphatic carbocycles.